The van der Waals surface area contributed by atoms with Crippen LogP contribution in [0.3, 0.4) is 0 Å². The van der Waals surface area contributed by atoms with Crippen molar-refractivity contribution in [1.82, 2.24) is 9.88 Å². The molecule has 2 amide bonds. The first-order chi connectivity index (χ1) is 13.7. The third kappa shape index (κ3) is 3.78. The third-order valence-corrected chi connectivity index (χ3v) is 6.41. The molecule has 2 fully saturated rings. The average molecular weight is 392 g/mol. The molecule has 1 aliphatic heterocycles. The number of pyridine rings is 1. The smallest absolute Gasteiger partial charge is 0.258 e. The molecule has 1 aliphatic carbocycles. The molecule has 1 aromatic carbocycles. The van der Waals surface area contributed by atoms with Crippen LogP contribution in [0.2, 0.25) is 0 Å². The van der Waals surface area contributed by atoms with Gasteiger partial charge in [-0.05, 0) is 66.5 Å². The number of hydrogen-bond donors (Lipinski definition) is 0. The molecule has 2 unspecified atom stereocenters. The molecule has 4 rings (SSSR count). The van der Waals surface area contributed by atoms with E-state index in [0.717, 1.165) is 25.1 Å². The molecule has 2 bridgehead atoms. The predicted octanol–water partition coefficient (Wildman–Crippen LogP) is 4.40. The molecule has 2 aromatic rings. The van der Waals surface area contributed by atoms with Gasteiger partial charge in [0.15, 0.2) is 0 Å². The lowest BCUT2D eigenvalue weighted by atomic mass is 9.65. The molecule has 2 aliphatic rings. The zero-order valence-electron chi connectivity index (χ0n) is 17.7. The molecule has 5 nitrogen and oxygen atoms in total. The number of amides is 2. The minimum atomic E-state index is -0.102. The summed E-state index contributed by atoms with van der Waals surface area (Å²) in [6.07, 6.45) is 6.55. The van der Waals surface area contributed by atoms with E-state index in [4.69, 9.17) is 0 Å². The van der Waals surface area contributed by atoms with Crippen LogP contribution in [-0.2, 0) is 0 Å². The number of nitrogens with zero attached hydrogens (tertiary/aromatic N) is 3. The van der Waals surface area contributed by atoms with Crippen molar-refractivity contribution in [2.45, 2.75) is 46.1 Å². The van der Waals surface area contributed by atoms with Crippen LogP contribution in [0.25, 0.3) is 0 Å². The Bertz CT molecular complexity index is 923. The van der Waals surface area contributed by atoms with Gasteiger partial charge in [-0.1, -0.05) is 20.8 Å². The van der Waals surface area contributed by atoms with Crippen LogP contribution < -0.4 is 4.90 Å². The normalized spacial score (nSPS) is 25.0. The van der Waals surface area contributed by atoms with Crippen LogP contribution in [0.4, 0.5) is 5.69 Å². The average Bonchev–Trinajstić information content (AvgIpc) is 2.95. The summed E-state index contributed by atoms with van der Waals surface area (Å²) in [5.41, 5.74) is 2.54. The van der Waals surface area contributed by atoms with Crippen LogP contribution in [-0.4, -0.2) is 41.3 Å². The van der Waals surface area contributed by atoms with Crippen molar-refractivity contribution in [2.24, 2.45) is 10.8 Å². The van der Waals surface area contributed by atoms with Gasteiger partial charge in [0.1, 0.15) is 0 Å². The largest absolute Gasteiger partial charge is 0.335 e. The second-order valence-corrected chi connectivity index (χ2v) is 9.79. The van der Waals surface area contributed by atoms with Gasteiger partial charge >= 0.3 is 0 Å². The highest BCUT2D eigenvalue weighted by Gasteiger charge is 2.51. The number of aromatic nitrogens is 1. The fourth-order valence-corrected chi connectivity index (χ4v) is 5.50. The Morgan fingerprint density at radius 1 is 1.00 bits per heavy atom. The van der Waals surface area contributed by atoms with Crippen LogP contribution in [0.5, 0.6) is 0 Å². The van der Waals surface area contributed by atoms with E-state index in [1.807, 2.05) is 24.3 Å². The van der Waals surface area contributed by atoms with E-state index in [1.165, 1.54) is 6.42 Å². The lowest BCUT2D eigenvalue weighted by Crippen LogP contribution is -2.37. The molecule has 5 heteroatoms. The Morgan fingerprint density at radius 2 is 1.66 bits per heavy atom. The van der Waals surface area contributed by atoms with Crippen LogP contribution in [0, 0.1) is 10.8 Å². The lowest BCUT2D eigenvalue weighted by molar-refractivity contribution is 0.0708. The van der Waals surface area contributed by atoms with Crippen LogP contribution >= 0.6 is 0 Å². The van der Waals surface area contributed by atoms with E-state index >= 15 is 0 Å². The number of anilines is 1. The summed E-state index contributed by atoms with van der Waals surface area (Å²) >= 11 is 0. The number of benzene rings is 1. The van der Waals surface area contributed by atoms with Crippen molar-refractivity contribution in [1.29, 1.82) is 0 Å². The summed E-state index contributed by atoms with van der Waals surface area (Å²) in [6, 6.07) is 11.1. The molecule has 2 heterocycles. The first-order valence-electron chi connectivity index (χ1n) is 10.3. The molecule has 1 saturated carbocycles. The zero-order valence-corrected chi connectivity index (χ0v) is 17.7. The Hall–Kier alpha value is -2.69. The maximum atomic E-state index is 13.2. The number of likely N-dealkylation sites (tertiary alicyclic amines) is 1. The van der Waals surface area contributed by atoms with E-state index in [0.29, 0.717) is 17.2 Å². The van der Waals surface area contributed by atoms with Crippen molar-refractivity contribution in [3.05, 3.63) is 59.9 Å². The fraction of sp³-hybridized carbons (Fsp3) is 0.458. The van der Waals surface area contributed by atoms with Gasteiger partial charge in [0.2, 0.25) is 0 Å². The van der Waals surface area contributed by atoms with Gasteiger partial charge in [0, 0.05) is 48.8 Å². The van der Waals surface area contributed by atoms with Gasteiger partial charge in [0.05, 0.1) is 0 Å². The molecule has 0 spiro atoms. The third-order valence-electron chi connectivity index (χ3n) is 6.41. The molecule has 0 N–H and O–H groups in total. The molecule has 0 radical (unpaired) electrons. The van der Waals surface area contributed by atoms with E-state index < -0.39 is 0 Å². The first kappa shape index (κ1) is 19.6. The second-order valence-electron chi connectivity index (χ2n) is 9.79. The van der Waals surface area contributed by atoms with Gasteiger partial charge in [-0.15, -0.1) is 0 Å². The Morgan fingerprint density at radius 3 is 2.31 bits per heavy atom. The number of carbonyl (C=O) groups is 2. The highest BCUT2D eigenvalue weighted by Crippen LogP contribution is 2.52. The van der Waals surface area contributed by atoms with Crippen molar-refractivity contribution < 1.29 is 9.59 Å². The van der Waals surface area contributed by atoms with Gasteiger partial charge in [-0.2, -0.15) is 0 Å². The molecule has 29 heavy (non-hydrogen) atoms. The predicted molar refractivity (Wildman–Crippen MR) is 114 cm³/mol. The minimum Gasteiger partial charge on any atom is -0.335 e. The quantitative estimate of drug-likeness (QED) is 0.779. The molecule has 152 valence electrons. The number of rotatable bonds is 3. The summed E-state index contributed by atoms with van der Waals surface area (Å²) in [6.45, 7) is 7.78. The number of carbonyl (C=O) groups excluding carboxylic acids is 2. The van der Waals surface area contributed by atoms with Gasteiger partial charge in [-0.25, -0.2) is 0 Å². The molecule has 1 saturated heterocycles. The summed E-state index contributed by atoms with van der Waals surface area (Å²) < 4.78 is 0. The molecular weight excluding hydrogens is 362 g/mol. The van der Waals surface area contributed by atoms with E-state index in [9.17, 15) is 9.59 Å². The zero-order chi connectivity index (χ0) is 20.8. The Kier molecular flexibility index (Phi) is 4.72. The molecule has 1 aromatic heterocycles. The summed E-state index contributed by atoms with van der Waals surface area (Å²) in [5, 5.41) is 0. The summed E-state index contributed by atoms with van der Waals surface area (Å²) in [5.74, 6) is 0.000983. The highest BCUT2D eigenvalue weighted by molar-refractivity contribution is 6.06. The fourth-order valence-electron chi connectivity index (χ4n) is 5.50. The van der Waals surface area contributed by atoms with Crippen LogP contribution in [0.15, 0.2) is 48.8 Å². The van der Waals surface area contributed by atoms with E-state index in [2.05, 4.69) is 30.7 Å². The summed E-state index contributed by atoms with van der Waals surface area (Å²) in [4.78, 5) is 33.5. The molecule has 2 atom stereocenters. The topological polar surface area (TPSA) is 53.5 Å². The monoisotopic (exact) mass is 391 g/mol. The van der Waals surface area contributed by atoms with Gasteiger partial charge in [-0.3, -0.25) is 14.6 Å². The van der Waals surface area contributed by atoms with Crippen molar-refractivity contribution in [2.75, 3.05) is 18.5 Å². The summed E-state index contributed by atoms with van der Waals surface area (Å²) in [7, 11) is 1.74. The van der Waals surface area contributed by atoms with Crippen molar-refractivity contribution in [3.8, 4) is 0 Å². The van der Waals surface area contributed by atoms with Crippen LogP contribution in [0.1, 0.15) is 60.7 Å². The number of fused-ring (bicyclic) bond motifs is 2. The van der Waals surface area contributed by atoms with E-state index in [1.54, 1.807) is 36.5 Å². The van der Waals surface area contributed by atoms with Crippen molar-refractivity contribution >= 4 is 17.5 Å². The van der Waals surface area contributed by atoms with Gasteiger partial charge in [0.25, 0.3) is 11.8 Å². The Labute approximate surface area is 172 Å². The maximum Gasteiger partial charge on any atom is 0.258 e. The SMILES string of the molecule is CN(C(=O)c1ccncc1)c1ccc(C(=O)N2CC3(C)CC2CC(C)(C)C3)cc1. The molecular formula is C24H29N3O2. The lowest BCUT2D eigenvalue weighted by Gasteiger charge is -2.39. The van der Waals surface area contributed by atoms with Crippen molar-refractivity contribution in [3.63, 3.8) is 0 Å². The standard InChI is InChI=1S/C24H29N3O2/c1-23(2)13-20-14-24(3,15-23)16-27(20)22(29)17-5-7-19(8-6-17)26(4)21(28)18-9-11-25-12-10-18/h5-12,20H,13-16H2,1-4H3. The number of hydrogen-bond acceptors (Lipinski definition) is 3. The highest BCUT2D eigenvalue weighted by atomic mass is 16.2. The second kappa shape index (κ2) is 6.97. The van der Waals surface area contributed by atoms with Gasteiger partial charge < -0.3 is 9.80 Å². The maximum absolute atomic E-state index is 13.2. The Balaban J connectivity index is 1.50. The minimum absolute atomic E-state index is 0.102. The van der Waals surface area contributed by atoms with E-state index in [-0.39, 0.29) is 22.6 Å². The first-order valence-corrected chi connectivity index (χ1v) is 10.3.